The molecule has 3 rings (SSSR count). The molecule has 150 valence electrons. The SMILES string of the molecule is COc1ccc(CN2CCN(C(=O)c3ccc(OC)c(OC)c3)CC2)cc1F. The number of methoxy groups -OCH3 is 3. The van der Waals surface area contributed by atoms with E-state index in [0.29, 0.717) is 36.7 Å². The molecule has 6 nitrogen and oxygen atoms in total. The number of ether oxygens (including phenoxy) is 3. The summed E-state index contributed by atoms with van der Waals surface area (Å²) >= 11 is 0. The number of halogens is 1. The van der Waals surface area contributed by atoms with E-state index in [0.717, 1.165) is 18.7 Å². The molecule has 0 aliphatic carbocycles. The molecular weight excluding hydrogens is 363 g/mol. The van der Waals surface area contributed by atoms with Crippen molar-refractivity contribution < 1.29 is 23.4 Å². The van der Waals surface area contributed by atoms with Crippen LogP contribution in [0.3, 0.4) is 0 Å². The molecule has 0 saturated carbocycles. The lowest BCUT2D eigenvalue weighted by molar-refractivity contribution is 0.0628. The Balaban J connectivity index is 1.59. The molecule has 0 aromatic heterocycles. The lowest BCUT2D eigenvalue weighted by Crippen LogP contribution is -2.48. The molecule has 7 heteroatoms. The molecule has 1 saturated heterocycles. The molecule has 1 heterocycles. The average Bonchev–Trinajstić information content (AvgIpc) is 2.73. The Morgan fingerprint density at radius 1 is 0.893 bits per heavy atom. The van der Waals surface area contributed by atoms with Gasteiger partial charge in [-0.2, -0.15) is 0 Å². The monoisotopic (exact) mass is 388 g/mol. The minimum atomic E-state index is -0.359. The van der Waals surface area contributed by atoms with Gasteiger partial charge in [0, 0.05) is 38.3 Å². The van der Waals surface area contributed by atoms with Crippen LogP contribution in [0.4, 0.5) is 4.39 Å². The highest BCUT2D eigenvalue weighted by Crippen LogP contribution is 2.28. The number of piperazine rings is 1. The first kappa shape index (κ1) is 19.9. The van der Waals surface area contributed by atoms with Crippen LogP contribution < -0.4 is 14.2 Å². The van der Waals surface area contributed by atoms with Crippen LogP contribution in [-0.2, 0) is 6.54 Å². The van der Waals surface area contributed by atoms with Crippen molar-refractivity contribution in [3.05, 3.63) is 53.3 Å². The highest BCUT2D eigenvalue weighted by atomic mass is 19.1. The van der Waals surface area contributed by atoms with Crippen molar-refractivity contribution in [2.75, 3.05) is 47.5 Å². The van der Waals surface area contributed by atoms with Crippen LogP contribution >= 0.6 is 0 Å². The Morgan fingerprint density at radius 3 is 2.14 bits per heavy atom. The number of carbonyl (C=O) groups is 1. The summed E-state index contributed by atoms with van der Waals surface area (Å²) in [6, 6.07) is 10.2. The zero-order chi connectivity index (χ0) is 20.1. The third-order valence-electron chi connectivity index (χ3n) is 4.91. The molecular formula is C21H25FN2O4. The largest absolute Gasteiger partial charge is 0.494 e. The summed E-state index contributed by atoms with van der Waals surface area (Å²) in [4.78, 5) is 16.8. The summed E-state index contributed by atoms with van der Waals surface area (Å²) in [7, 11) is 4.56. The van der Waals surface area contributed by atoms with Gasteiger partial charge in [0.1, 0.15) is 0 Å². The molecule has 1 aliphatic heterocycles. The second kappa shape index (κ2) is 8.93. The molecule has 1 amide bonds. The third-order valence-corrected chi connectivity index (χ3v) is 4.91. The summed E-state index contributed by atoms with van der Waals surface area (Å²) in [5, 5.41) is 0. The molecule has 0 spiro atoms. The van der Waals surface area contributed by atoms with Crippen LogP contribution in [0.25, 0.3) is 0 Å². The van der Waals surface area contributed by atoms with Crippen molar-refractivity contribution in [3.63, 3.8) is 0 Å². The Labute approximate surface area is 164 Å². The summed E-state index contributed by atoms with van der Waals surface area (Å²) < 4.78 is 29.3. The highest BCUT2D eigenvalue weighted by Gasteiger charge is 2.23. The van der Waals surface area contributed by atoms with E-state index in [1.165, 1.54) is 13.2 Å². The minimum absolute atomic E-state index is 0.0314. The van der Waals surface area contributed by atoms with Crippen molar-refractivity contribution in [1.82, 2.24) is 9.80 Å². The standard InChI is InChI=1S/C21H25FN2O4/c1-26-18-6-4-15(12-17(18)22)14-23-8-10-24(11-9-23)21(25)16-5-7-19(27-2)20(13-16)28-3/h4-7,12-13H,8-11,14H2,1-3H3. The van der Waals surface area contributed by atoms with Gasteiger partial charge in [-0.05, 0) is 35.9 Å². The zero-order valence-electron chi connectivity index (χ0n) is 16.4. The summed E-state index contributed by atoms with van der Waals surface area (Å²) in [6.45, 7) is 3.33. The molecule has 2 aromatic carbocycles. The van der Waals surface area contributed by atoms with Gasteiger partial charge in [-0.25, -0.2) is 4.39 Å². The molecule has 2 aromatic rings. The predicted molar refractivity (Wildman–Crippen MR) is 104 cm³/mol. The fourth-order valence-corrected chi connectivity index (χ4v) is 3.33. The van der Waals surface area contributed by atoms with Crippen molar-refractivity contribution >= 4 is 5.91 Å². The van der Waals surface area contributed by atoms with Gasteiger partial charge in [0.2, 0.25) is 0 Å². The fourth-order valence-electron chi connectivity index (χ4n) is 3.33. The van der Waals surface area contributed by atoms with E-state index in [1.54, 1.807) is 38.5 Å². The number of carbonyl (C=O) groups excluding carboxylic acids is 1. The van der Waals surface area contributed by atoms with E-state index >= 15 is 0 Å². The molecule has 28 heavy (non-hydrogen) atoms. The Hall–Kier alpha value is -2.80. The van der Waals surface area contributed by atoms with Gasteiger partial charge >= 0.3 is 0 Å². The molecule has 0 radical (unpaired) electrons. The molecule has 0 bridgehead atoms. The number of rotatable bonds is 6. The zero-order valence-corrected chi connectivity index (χ0v) is 16.4. The second-order valence-corrected chi connectivity index (χ2v) is 6.61. The fraction of sp³-hybridized carbons (Fsp3) is 0.381. The van der Waals surface area contributed by atoms with Gasteiger partial charge < -0.3 is 19.1 Å². The quantitative estimate of drug-likeness (QED) is 0.762. The van der Waals surface area contributed by atoms with Crippen molar-refractivity contribution in [2.45, 2.75) is 6.54 Å². The first-order valence-corrected chi connectivity index (χ1v) is 9.11. The lowest BCUT2D eigenvalue weighted by Gasteiger charge is -2.35. The summed E-state index contributed by atoms with van der Waals surface area (Å²) in [5.74, 6) is 0.983. The van der Waals surface area contributed by atoms with Gasteiger partial charge in [-0.3, -0.25) is 9.69 Å². The molecule has 0 N–H and O–H groups in total. The van der Waals surface area contributed by atoms with E-state index < -0.39 is 0 Å². The van der Waals surface area contributed by atoms with Crippen LogP contribution in [0.1, 0.15) is 15.9 Å². The third kappa shape index (κ3) is 4.36. The number of hydrogen-bond donors (Lipinski definition) is 0. The van der Waals surface area contributed by atoms with Crippen LogP contribution in [0, 0.1) is 5.82 Å². The van der Waals surface area contributed by atoms with E-state index in [-0.39, 0.29) is 17.5 Å². The smallest absolute Gasteiger partial charge is 0.254 e. The average molecular weight is 388 g/mol. The second-order valence-electron chi connectivity index (χ2n) is 6.61. The maximum Gasteiger partial charge on any atom is 0.254 e. The first-order chi connectivity index (χ1) is 13.5. The Bertz CT molecular complexity index is 835. The molecule has 1 aliphatic rings. The van der Waals surface area contributed by atoms with E-state index in [2.05, 4.69) is 4.90 Å². The Morgan fingerprint density at radius 2 is 1.54 bits per heavy atom. The van der Waals surface area contributed by atoms with Gasteiger partial charge in [-0.15, -0.1) is 0 Å². The first-order valence-electron chi connectivity index (χ1n) is 9.11. The summed E-state index contributed by atoms with van der Waals surface area (Å²) in [6.07, 6.45) is 0. The maximum atomic E-state index is 13.9. The normalized spacial score (nSPS) is 14.6. The predicted octanol–water partition coefficient (Wildman–Crippen LogP) is 2.81. The summed E-state index contributed by atoms with van der Waals surface area (Å²) in [5.41, 5.74) is 1.46. The van der Waals surface area contributed by atoms with Crippen LogP contribution in [0.15, 0.2) is 36.4 Å². The van der Waals surface area contributed by atoms with Gasteiger partial charge in [0.15, 0.2) is 23.1 Å². The molecule has 1 fully saturated rings. The minimum Gasteiger partial charge on any atom is -0.494 e. The van der Waals surface area contributed by atoms with Crippen LogP contribution in [0.5, 0.6) is 17.2 Å². The highest BCUT2D eigenvalue weighted by molar-refractivity contribution is 5.95. The topological polar surface area (TPSA) is 51.2 Å². The van der Waals surface area contributed by atoms with Gasteiger partial charge in [-0.1, -0.05) is 6.07 Å². The number of benzene rings is 2. The van der Waals surface area contributed by atoms with Crippen LogP contribution in [0.2, 0.25) is 0 Å². The van der Waals surface area contributed by atoms with E-state index in [4.69, 9.17) is 14.2 Å². The number of nitrogens with zero attached hydrogens (tertiary/aromatic N) is 2. The number of hydrogen-bond acceptors (Lipinski definition) is 5. The van der Waals surface area contributed by atoms with Crippen LogP contribution in [-0.4, -0.2) is 63.2 Å². The Kier molecular flexibility index (Phi) is 6.36. The molecule has 0 unspecified atom stereocenters. The molecule has 0 atom stereocenters. The van der Waals surface area contributed by atoms with Gasteiger partial charge in [0.25, 0.3) is 5.91 Å². The van der Waals surface area contributed by atoms with Gasteiger partial charge in [0.05, 0.1) is 21.3 Å². The van der Waals surface area contributed by atoms with Crippen molar-refractivity contribution in [3.8, 4) is 17.2 Å². The van der Waals surface area contributed by atoms with Crippen molar-refractivity contribution in [1.29, 1.82) is 0 Å². The maximum absolute atomic E-state index is 13.9. The van der Waals surface area contributed by atoms with Crippen molar-refractivity contribution in [2.24, 2.45) is 0 Å². The van der Waals surface area contributed by atoms with E-state index in [9.17, 15) is 9.18 Å². The van der Waals surface area contributed by atoms with E-state index in [1.807, 2.05) is 11.0 Å². The number of amides is 1. The lowest BCUT2D eigenvalue weighted by atomic mass is 10.1.